The zero-order chi connectivity index (χ0) is 16.3. The lowest BCUT2D eigenvalue weighted by Crippen LogP contribution is -2.41. The second-order valence-corrected chi connectivity index (χ2v) is 7.74. The number of hydrogen-bond acceptors (Lipinski definition) is 4. The van der Waals surface area contributed by atoms with Crippen molar-refractivity contribution in [1.29, 1.82) is 0 Å². The average molecular weight is 326 g/mol. The number of carbonyl (C=O) groups is 1. The van der Waals surface area contributed by atoms with Gasteiger partial charge in [0.2, 0.25) is 10.0 Å². The van der Waals surface area contributed by atoms with Crippen molar-refractivity contribution in [3.8, 4) is 5.75 Å². The second-order valence-electron chi connectivity index (χ2n) is 5.84. The van der Waals surface area contributed by atoms with Crippen molar-refractivity contribution >= 4 is 21.6 Å². The fourth-order valence-corrected chi connectivity index (χ4v) is 3.22. The van der Waals surface area contributed by atoms with Gasteiger partial charge in [0.1, 0.15) is 5.75 Å². The fraction of sp³-hybridized carbons (Fsp3) is 0.533. The first-order valence-electron chi connectivity index (χ1n) is 7.30. The molecule has 1 aromatic carbocycles. The van der Waals surface area contributed by atoms with Gasteiger partial charge in [0.25, 0.3) is 5.91 Å². The molecule has 1 heterocycles. The molecule has 0 unspecified atom stereocenters. The van der Waals surface area contributed by atoms with Crippen molar-refractivity contribution in [3.63, 3.8) is 0 Å². The van der Waals surface area contributed by atoms with Crippen molar-refractivity contribution in [1.82, 2.24) is 5.32 Å². The molecule has 0 bridgehead atoms. The van der Waals surface area contributed by atoms with Crippen molar-refractivity contribution < 1.29 is 17.9 Å². The maximum atomic E-state index is 12.2. The van der Waals surface area contributed by atoms with E-state index in [0.29, 0.717) is 30.3 Å². The van der Waals surface area contributed by atoms with Gasteiger partial charge < -0.3 is 10.1 Å². The summed E-state index contributed by atoms with van der Waals surface area (Å²) in [5.41, 5.74) is 0.476. The molecule has 122 valence electrons. The quantitative estimate of drug-likeness (QED) is 0.907. The largest absolute Gasteiger partial charge is 0.478 e. The lowest BCUT2D eigenvalue weighted by atomic mass is 10.2. The van der Waals surface area contributed by atoms with Crippen LogP contribution in [0, 0.1) is 5.92 Å². The van der Waals surface area contributed by atoms with Crippen LogP contribution in [0.4, 0.5) is 5.69 Å². The van der Waals surface area contributed by atoms with Crippen LogP contribution in [0.15, 0.2) is 24.3 Å². The monoisotopic (exact) mass is 326 g/mol. The number of benzene rings is 1. The molecule has 0 radical (unpaired) electrons. The highest BCUT2D eigenvalue weighted by molar-refractivity contribution is 7.92. The molecular weight excluding hydrogens is 304 g/mol. The Morgan fingerprint density at radius 1 is 1.41 bits per heavy atom. The Morgan fingerprint density at radius 2 is 2.09 bits per heavy atom. The number of anilines is 1. The van der Waals surface area contributed by atoms with Gasteiger partial charge in [-0.3, -0.25) is 9.10 Å². The van der Waals surface area contributed by atoms with Crippen molar-refractivity contribution in [2.75, 3.05) is 23.7 Å². The molecule has 1 aliphatic heterocycles. The zero-order valence-electron chi connectivity index (χ0n) is 13.1. The fourth-order valence-electron chi connectivity index (χ4n) is 2.28. The molecule has 0 fully saturated rings. The van der Waals surface area contributed by atoms with Gasteiger partial charge in [-0.05, 0) is 18.1 Å². The number of sulfonamides is 1. The Morgan fingerprint density at radius 3 is 2.73 bits per heavy atom. The van der Waals surface area contributed by atoms with E-state index in [1.54, 1.807) is 24.3 Å². The third-order valence-electron chi connectivity index (χ3n) is 3.37. The van der Waals surface area contributed by atoms with Crippen LogP contribution in [0.5, 0.6) is 5.75 Å². The van der Waals surface area contributed by atoms with E-state index in [-0.39, 0.29) is 12.5 Å². The highest BCUT2D eigenvalue weighted by atomic mass is 32.2. The molecule has 0 saturated heterocycles. The predicted molar refractivity (Wildman–Crippen MR) is 85.5 cm³/mol. The lowest BCUT2D eigenvalue weighted by molar-refractivity contribution is -0.128. The second kappa shape index (κ2) is 6.56. The normalized spacial score (nSPS) is 18.4. The van der Waals surface area contributed by atoms with E-state index >= 15 is 0 Å². The number of fused-ring (bicyclic) bond motifs is 1. The number of para-hydroxylation sites is 2. The van der Waals surface area contributed by atoms with Crippen molar-refractivity contribution in [2.45, 2.75) is 26.4 Å². The van der Waals surface area contributed by atoms with E-state index in [2.05, 4.69) is 5.32 Å². The van der Waals surface area contributed by atoms with Crippen LogP contribution in [-0.2, 0) is 14.8 Å². The summed E-state index contributed by atoms with van der Waals surface area (Å²) in [5.74, 6) is 0.545. The first-order chi connectivity index (χ1) is 10.3. The van der Waals surface area contributed by atoms with E-state index in [9.17, 15) is 13.2 Å². The van der Waals surface area contributed by atoms with Crippen molar-refractivity contribution in [3.05, 3.63) is 24.3 Å². The van der Waals surface area contributed by atoms with Crippen LogP contribution >= 0.6 is 0 Å². The predicted octanol–water partition coefficient (Wildman–Crippen LogP) is 1.38. The van der Waals surface area contributed by atoms with E-state index in [4.69, 9.17) is 4.74 Å². The number of amides is 1. The summed E-state index contributed by atoms with van der Waals surface area (Å²) in [6.07, 6.45) is 0.779. The molecule has 6 nitrogen and oxygen atoms in total. The molecule has 2 rings (SSSR count). The van der Waals surface area contributed by atoms with Gasteiger partial charge in [-0.15, -0.1) is 0 Å². The molecule has 0 spiro atoms. The number of nitrogens with zero attached hydrogens (tertiary/aromatic N) is 1. The Bertz CT molecular complexity index is 643. The molecule has 1 aromatic rings. The van der Waals surface area contributed by atoms with Crippen LogP contribution in [0.2, 0.25) is 0 Å². The summed E-state index contributed by atoms with van der Waals surface area (Å²) < 4.78 is 31.0. The molecule has 0 saturated carbocycles. The maximum absolute atomic E-state index is 12.2. The molecule has 1 aliphatic rings. The number of carbonyl (C=O) groups excluding carboxylic acids is 1. The van der Waals surface area contributed by atoms with E-state index < -0.39 is 16.1 Å². The minimum absolute atomic E-state index is 0.209. The summed E-state index contributed by atoms with van der Waals surface area (Å²) >= 11 is 0. The van der Waals surface area contributed by atoms with Gasteiger partial charge >= 0.3 is 0 Å². The summed E-state index contributed by atoms with van der Waals surface area (Å²) in [7, 11) is -3.42. The average Bonchev–Trinajstić information content (AvgIpc) is 2.63. The van der Waals surface area contributed by atoms with Gasteiger partial charge in [-0.2, -0.15) is 0 Å². The third kappa shape index (κ3) is 3.91. The van der Waals surface area contributed by atoms with Crippen LogP contribution in [0.1, 0.15) is 20.3 Å². The summed E-state index contributed by atoms with van der Waals surface area (Å²) in [6, 6.07) is 6.87. The Hall–Kier alpha value is -1.76. The Labute approximate surface area is 131 Å². The van der Waals surface area contributed by atoms with Crippen LogP contribution in [0.3, 0.4) is 0 Å². The van der Waals surface area contributed by atoms with E-state index in [0.717, 1.165) is 6.26 Å². The SMILES string of the molecule is CC(C)CNC(=O)[C@H]1CCN(S(C)(=O)=O)c2ccccc2O1. The van der Waals surface area contributed by atoms with Gasteiger partial charge in [0, 0.05) is 19.5 Å². The zero-order valence-corrected chi connectivity index (χ0v) is 13.9. The van der Waals surface area contributed by atoms with E-state index in [1.807, 2.05) is 13.8 Å². The summed E-state index contributed by atoms with van der Waals surface area (Å²) in [5, 5.41) is 2.83. The minimum Gasteiger partial charge on any atom is -0.478 e. The van der Waals surface area contributed by atoms with Crippen LogP contribution in [0.25, 0.3) is 0 Å². The molecule has 1 atom stereocenters. The number of nitrogens with one attached hydrogen (secondary N) is 1. The van der Waals surface area contributed by atoms with Gasteiger partial charge in [0.05, 0.1) is 11.9 Å². The lowest BCUT2D eigenvalue weighted by Gasteiger charge is -2.20. The highest BCUT2D eigenvalue weighted by Gasteiger charge is 2.30. The number of rotatable bonds is 4. The third-order valence-corrected chi connectivity index (χ3v) is 4.55. The van der Waals surface area contributed by atoms with Gasteiger partial charge in [-0.25, -0.2) is 8.42 Å². The number of hydrogen-bond donors (Lipinski definition) is 1. The van der Waals surface area contributed by atoms with Gasteiger partial charge in [0.15, 0.2) is 6.10 Å². The Balaban J connectivity index is 2.24. The molecule has 22 heavy (non-hydrogen) atoms. The van der Waals surface area contributed by atoms with E-state index in [1.165, 1.54) is 4.31 Å². The summed E-state index contributed by atoms with van der Waals surface area (Å²) in [6.45, 7) is 4.80. The molecule has 0 aromatic heterocycles. The van der Waals surface area contributed by atoms with Crippen LogP contribution < -0.4 is 14.4 Å². The standard InChI is InChI=1S/C15H22N2O4S/c1-11(2)10-16-15(18)14-8-9-17(22(3,19)20)12-6-4-5-7-13(12)21-14/h4-7,11,14H,8-10H2,1-3H3,(H,16,18)/t14-/m1/s1. The first kappa shape index (κ1) is 16.6. The number of ether oxygens (including phenoxy) is 1. The van der Waals surface area contributed by atoms with Crippen molar-refractivity contribution in [2.24, 2.45) is 5.92 Å². The van der Waals surface area contributed by atoms with Crippen LogP contribution in [-0.4, -0.2) is 39.8 Å². The Kier molecular flexibility index (Phi) is 4.95. The topological polar surface area (TPSA) is 75.7 Å². The first-order valence-corrected chi connectivity index (χ1v) is 9.15. The molecule has 1 N–H and O–H groups in total. The minimum atomic E-state index is -3.42. The molecule has 7 heteroatoms. The smallest absolute Gasteiger partial charge is 0.261 e. The molecule has 0 aliphatic carbocycles. The molecular formula is C15H22N2O4S. The molecule has 1 amide bonds. The summed E-state index contributed by atoms with van der Waals surface area (Å²) in [4.78, 5) is 12.2. The highest BCUT2D eigenvalue weighted by Crippen LogP contribution is 2.33. The van der Waals surface area contributed by atoms with Gasteiger partial charge in [-0.1, -0.05) is 26.0 Å². The maximum Gasteiger partial charge on any atom is 0.261 e.